The van der Waals surface area contributed by atoms with Crippen molar-refractivity contribution in [3.63, 3.8) is 0 Å². The number of aryl methyl sites for hydroxylation is 1. The molecule has 0 bridgehead atoms. The highest BCUT2D eigenvalue weighted by Crippen LogP contribution is 2.26. The van der Waals surface area contributed by atoms with Gasteiger partial charge in [-0.05, 0) is 25.1 Å². The summed E-state index contributed by atoms with van der Waals surface area (Å²) in [5.74, 6) is 0. The normalized spacial score (nSPS) is 10.7. The monoisotopic (exact) mass is 252 g/mol. The Labute approximate surface area is 89.6 Å². The number of amides is 1. The Morgan fingerprint density at radius 1 is 1.50 bits per heavy atom. The van der Waals surface area contributed by atoms with Crippen molar-refractivity contribution in [2.75, 3.05) is 0 Å². The van der Waals surface area contributed by atoms with Crippen LogP contribution in [0, 0.1) is 6.92 Å². The molecule has 72 valence electrons. The summed E-state index contributed by atoms with van der Waals surface area (Å²) >= 11 is 3.43. The lowest BCUT2D eigenvalue weighted by Crippen LogP contribution is -2.20. The zero-order valence-corrected chi connectivity index (χ0v) is 9.21. The third-order valence-electron chi connectivity index (χ3n) is 2.20. The summed E-state index contributed by atoms with van der Waals surface area (Å²) in [7, 11) is 0. The van der Waals surface area contributed by atoms with Gasteiger partial charge in [-0.15, -0.1) is 0 Å². The second-order valence-corrected chi connectivity index (χ2v) is 3.99. The van der Waals surface area contributed by atoms with E-state index in [1.807, 2.05) is 31.2 Å². The first-order valence-corrected chi connectivity index (χ1v) is 4.97. The zero-order chi connectivity index (χ0) is 10.3. The van der Waals surface area contributed by atoms with Gasteiger partial charge in [0.05, 0.1) is 5.52 Å². The van der Waals surface area contributed by atoms with Crippen LogP contribution in [-0.2, 0) is 0 Å². The number of nitrogens with zero attached hydrogens (tertiary/aromatic N) is 1. The molecule has 4 heteroatoms. The molecule has 1 heterocycles. The smallest absolute Gasteiger partial charge is 0.323 e. The molecule has 1 aromatic carbocycles. The van der Waals surface area contributed by atoms with Gasteiger partial charge < -0.3 is 5.73 Å². The molecule has 0 aliphatic rings. The Morgan fingerprint density at radius 3 is 2.86 bits per heavy atom. The topological polar surface area (TPSA) is 48.0 Å². The number of carbonyl (C=O) groups excluding carboxylic acids is 1. The van der Waals surface area contributed by atoms with Gasteiger partial charge in [0, 0.05) is 15.6 Å². The average molecular weight is 253 g/mol. The Kier molecular flexibility index (Phi) is 2.07. The van der Waals surface area contributed by atoms with Gasteiger partial charge >= 0.3 is 6.03 Å². The van der Waals surface area contributed by atoms with E-state index in [1.165, 1.54) is 4.57 Å². The molecule has 0 aliphatic carbocycles. The van der Waals surface area contributed by atoms with Gasteiger partial charge in [0.25, 0.3) is 0 Å². The van der Waals surface area contributed by atoms with Gasteiger partial charge in [-0.3, -0.25) is 4.57 Å². The van der Waals surface area contributed by atoms with E-state index in [0.29, 0.717) is 0 Å². The first-order valence-electron chi connectivity index (χ1n) is 4.17. The largest absolute Gasteiger partial charge is 0.351 e. The van der Waals surface area contributed by atoms with Gasteiger partial charge in [-0.2, -0.15) is 0 Å². The van der Waals surface area contributed by atoms with Crippen LogP contribution in [0.4, 0.5) is 4.79 Å². The van der Waals surface area contributed by atoms with E-state index in [-0.39, 0.29) is 0 Å². The van der Waals surface area contributed by atoms with Crippen LogP contribution in [0.15, 0.2) is 28.7 Å². The molecule has 3 nitrogen and oxygen atoms in total. The average Bonchev–Trinajstić information content (AvgIpc) is 2.42. The van der Waals surface area contributed by atoms with Crippen molar-refractivity contribution in [3.8, 4) is 0 Å². The van der Waals surface area contributed by atoms with Gasteiger partial charge in [0.1, 0.15) is 0 Å². The van der Waals surface area contributed by atoms with Gasteiger partial charge in [-0.1, -0.05) is 22.0 Å². The molecule has 2 aromatic rings. The number of benzene rings is 1. The molecule has 0 spiro atoms. The van der Waals surface area contributed by atoms with E-state index in [1.54, 1.807) is 0 Å². The lowest BCUT2D eigenvalue weighted by Gasteiger charge is -2.01. The molecule has 0 atom stereocenters. The number of aromatic nitrogens is 1. The van der Waals surface area contributed by atoms with E-state index in [2.05, 4.69) is 15.9 Å². The SMILES string of the molecule is Cc1cc2c(Br)cccc2n1C(N)=O. The fourth-order valence-electron chi connectivity index (χ4n) is 1.62. The van der Waals surface area contributed by atoms with E-state index < -0.39 is 6.03 Å². The van der Waals surface area contributed by atoms with E-state index in [9.17, 15) is 4.79 Å². The number of primary amides is 1. The molecule has 0 radical (unpaired) electrons. The molecule has 1 amide bonds. The number of hydrogen-bond acceptors (Lipinski definition) is 1. The molecule has 14 heavy (non-hydrogen) atoms. The molecular formula is C10H9BrN2O. The highest BCUT2D eigenvalue weighted by Gasteiger charge is 2.10. The Bertz CT molecular complexity index is 516. The second-order valence-electron chi connectivity index (χ2n) is 3.13. The molecule has 0 unspecified atom stereocenters. The number of carbonyl (C=O) groups is 1. The van der Waals surface area contributed by atoms with Crippen LogP contribution in [0.3, 0.4) is 0 Å². The summed E-state index contributed by atoms with van der Waals surface area (Å²) in [4.78, 5) is 11.2. The van der Waals surface area contributed by atoms with E-state index in [4.69, 9.17) is 5.73 Å². The maximum atomic E-state index is 11.2. The molecular weight excluding hydrogens is 244 g/mol. The van der Waals surface area contributed by atoms with Crippen LogP contribution in [-0.4, -0.2) is 10.6 Å². The number of rotatable bonds is 0. The van der Waals surface area contributed by atoms with Crippen LogP contribution in [0.25, 0.3) is 10.9 Å². The first-order chi connectivity index (χ1) is 6.61. The Hall–Kier alpha value is -1.29. The molecule has 0 saturated carbocycles. The summed E-state index contributed by atoms with van der Waals surface area (Å²) in [6.07, 6.45) is 0. The number of hydrogen-bond donors (Lipinski definition) is 1. The molecule has 2 rings (SSSR count). The summed E-state index contributed by atoms with van der Waals surface area (Å²) in [6, 6.07) is 7.18. The summed E-state index contributed by atoms with van der Waals surface area (Å²) in [5, 5.41) is 1.00. The van der Waals surface area contributed by atoms with Crippen LogP contribution in [0.1, 0.15) is 5.69 Å². The Morgan fingerprint density at radius 2 is 2.21 bits per heavy atom. The quantitative estimate of drug-likeness (QED) is 0.770. The molecule has 1 aromatic heterocycles. The first kappa shape index (κ1) is 9.27. The summed E-state index contributed by atoms with van der Waals surface area (Å²) in [6.45, 7) is 1.86. The Balaban J connectivity index is 2.90. The maximum Gasteiger partial charge on any atom is 0.323 e. The van der Waals surface area contributed by atoms with E-state index in [0.717, 1.165) is 21.1 Å². The fraction of sp³-hybridized carbons (Fsp3) is 0.100. The van der Waals surface area contributed by atoms with Gasteiger partial charge in [0.15, 0.2) is 0 Å². The van der Waals surface area contributed by atoms with Crippen LogP contribution < -0.4 is 5.73 Å². The summed E-state index contributed by atoms with van der Waals surface area (Å²) in [5.41, 5.74) is 6.97. The van der Waals surface area contributed by atoms with Gasteiger partial charge in [-0.25, -0.2) is 4.79 Å². The third kappa shape index (κ3) is 1.23. The van der Waals surface area contributed by atoms with Crippen molar-refractivity contribution in [2.45, 2.75) is 6.92 Å². The van der Waals surface area contributed by atoms with Crippen LogP contribution in [0.2, 0.25) is 0 Å². The van der Waals surface area contributed by atoms with E-state index >= 15 is 0 Å². The van der Waals surface area contributed by atoms with Crippen molar-refractivity contribution in [1.29, 1.82) is 0 Å². The molecule has 0 saturated heterocycles. The standard InChI is InChI=1S/C10H9BrN2O/c1-6-5-7-8(11)3-2-4-9(7)13(6)10(12)14/h2-5H,1H3,(H2,12,14). The lowest BCUT2D eigenvalue weighted by molar-refractivity contribution is 0.251. The molecule has 2 N–H and O–H groups in total. The van der Waals surface area contributed by atoms with Crippen molar-refractivity contribution in [3.05, 3.63) is 34.4 Å². The zero-order valence-electron chi connectivity index (χ0n) is 7.62. The van der Waals surface area contributed by atoms with Crippen LogP contribution >= 0.6 is 15.9 Å². The number of halogens is 1. The highest BCUT2D eigenvalue weighted by molar-refractivity contribution is 9.10. The number of fused-ring (bicyclic) bond motifs is 1. The minimum absolute atomic E-state index is 0.449. The predicted molar refractivity (Wildman–Crippen MR) is 59.4 cm³/mol. The highest BCUT2D eigenvalue weighted by atomic mass is 79.9. The predicted octanol–water partition coefficient (Wildman–Crippen LogP) is 2.64. The van der Waals surface area contributed by atoms with Crippen LogP contribution in [0.5, 0.6) is 0 Å². The minimum Gasteiger partial charge on any atom is -0.351 e. The van der Waals surface area contributed by atoms with Crippen molar-refractivity contribution < 1.29 is 4.79 Å². The van der Waals surface area contributed by atoms with Crippen molar-refractivity contribution in [1.82, 2.24) is 4.57 Å². The molecule has 0 fully saturated rings. The minimum atomic E-state index is -0.449. The lowest BCUT2D eigenvalue weighted by atomic mass is 10.2. The third-order valence-corrected chi connectivity index (χ3v) is 2.89. The van der Waals surface area contributed by atoms with Gasteiger partial charge in [0.2, 0.25) is 0 Å². The molecule has 0 aliphatic heterocycles. The maximum absolute atomic E-state index is 11.2. The second kappa shape index (κ2) is 3.13. The number of nitrogens with two attached hydrogens (primary N) is 1. The van der Waals surface area contributed by atoms with Crippen molar-refractivity contribution >= 4 is 32.9 Å². The van der Waals surface area contributed by atoms with Crippen molar-refractivity contribution in [2.24, 2.45) is 5.73 Å². The summed E-state index contributed by atoms with van der Waals surface area (Å²) < 4.78 is 2.47. The fourth-order valence-corrected chi connectivity index (χ4v) is 2.09.